The van der Waals surface area contributed by atoms with Crippen molar-refractivity contribution < 1.29 is 66.3 Å². The molecule has 3 saturated heterocycles. The number of aromatic nitrogens is 6. The van der Waals surface area contributed by atoms with E-state index >= 15 is 0 Å². The molecule has 11 rings (SSSR count). The van der Waals surface area contributed by atoms with Crippen molar-refractivity contribution in [2.45, 2.75) is 150 Å². The molecule has 3 aromatic heterocycles. The topological polar surface area (TPSA) is 278 Å². The van der Waals surface area contributed by atoms with Gasteiger partial charge in [0.25, 0.3) is 6.26 Å². The largest absolute Gasteiger partial charge is 0.444 e. The van der Waals surface area contributed by atoms with Crippen molar-refractivity contribution in [3.63, 3.8) is 0 Å². The lowest BCUT2D eigenvalue weighted by atomic mass is 10.1. The quantitative estimate of drug-likeness (QED) is 0.0747. The molecular weight excluding hydrogens is 1380 g/mol. The SMILES string of the molecule is CI.COCC1CC(=O)N(c2cnn3c2CN(C(=O)Nc2ccc(F)c(Cl)c2)[C@@H](C)C3)C1.COCC1CC(=O)N(c2cnn3c2CN(C(=O)OC(C)(C)C)[C@@H](C)C3)C1.C[C@H]1Cn2ncc(N3CC(CO)CC3=O)c2CN1C(=O)OC(C)(C)C.N#COc1ccc(F)c(Cl)c1. The van der Waals surface area contributed by atoms with Crippen molar-refractivity contribution >= 4 is 104 Å². The maximum atomic E-state index is 13.4. The summed E-state index contributed by atoms with van der Waals surface area (Å²) in [6.07, 6.45) is 7.10. The van der Waals surface area contributed by atoms with E-state index < -0.39 is 22.8 Å². The molecule has 94 heavy (non-hydrogen) atoms. The van der Waals surface area contributed by atoms with Gasteiger partial charge in [0.15, 0.2) is 0 Å². The Morgan fingerprint density at radius 2 is 0.989 bits per heavy atom. The summed E-state index contributed by atoms with van der Waals surface area (Å²) >= 11 is 13.3. The number of anilines is 4. The van der Waals surface area contributed by atoms with Crippen LogP contribution in [-0.2, 0) is 72.6 Å². The molecule has 3 unspecified atom stereocenters. The lowest BCUT2D eigenvalue weighted by Gasteiger charge is -2.36. The van der Waals surface area contributed by atoms with Crippen LogP contribution in [-0.4, -0.2) is 173 Å². The highest BCUT2D eigenvalue weighted by Crippen LogP contribution is 2.36. The Morgan fingerprint density at radius 3 is 1.35 bits per heavy atom. The zero-order chi connectivity index (χ0) is 69.1. The van der Waals surface area contributed by atoms with Gasteiger partial charge in [-0.25, -0.2) is 23.2 Å². The van der Waals surface area contributed by atoms with Crippen molar-refractivity contribution in [2.75, 3.05) is 78.6 Å². The molecular formula is C63H83Cl2F2IN14O12. The average molecular weight is 1460 g/mol. The molecule has 6 atom stereocenters. The molecule has 512 valence electrons. The minimum Gasteiger partial charge on any atom is -0.444 e. The summed E-state index contributed by atoms with van der Waals surface area (Å²) in [7, 11) is 3.27. The van der Waals surface area contributed by atoms with E-state index in [-0.39, 0.29) is 94.2 Å². The molecule has 0 aliphatic carbocycles. The Labute approximate surface area is 569 Å². The van der Waals surface area contributed by atoms with Gasteiger partial charge in [-0.05, 0) is 97.6 Å². The number of urea groups is 1. The van der Waals surface area contributed by atoms with E-state index in [1.165, 1.54) is 36.6 Å². The fraction of sp³-hybridized carbons (Fsp3) is 0.556. The predicted octanol–water partition coefficient (Wildman–Crippen LogP) is 9.89. The van der Waals surface area contributed by atoms with E-state index in [4.69, 9.17) is 47.4 Å². The number of methoxy groups -OCH3 is 2. The molecule has 9 heterocycles. The van der Waals surface area contributed by atoms with Gasteiger partial charge in [-0.2, -0.15) is 15.3 Å². The molecule has 0 radical (unpaired) electrons. The third-order valence-electron chi connectivity index (χ3n) is 15.9. The minimum absolute atomic E-state index is 0.00716. The van der Waals surface area contributed by atoms with Crippen molar-refractivity contribution in [1.29, 1.82) is 5.26 Å². The molecule has 3 fully saturated rings. The number of nitrogens with zero attached hydrogens (tertiary/aromatic N) is 13. The Hall–Kier alpha value is -7.37. The van der Waals surface area contributed by atoms with Crippen molar-refractivity contribution in [3.05, 3.63) is 93.8 Å². The van der Waals surface area contributed by atoms with Crippen LogP contribution in [0.25, 0.3) is 0 Å². The summed E-state index contributed by atoms with van der Waals surface area (Å²) in [6, 6.07) is 7.22. The van der Waals surface area contributed by atoms with E-state index in [0.29, 0.717) is 97.1 Å². The Kier molecular flexibility index (Phi) is 25.5. The second-order valence-corrected chi connectivity index (χ2v) is 26.3. The fourth-order valence-electron chi connectivity index (χ4n) is 11.5. The molecule has 0 spiro atoms. The third kappa shape index (κ3) is 18.5. The first-order chi connectivity index (χ1) is 44.5. The average Bonchev–Trinajstić information content (AvgIpc) is 1.62. The summed E-state index contributed by atoms with van der Waals surface area (Å²) in [6.45, 7) is 22.4. The Bertz CT molecular complexity index is 3550. The number of fused-ring (bicyclic) bond motifs is 3. The number of carbonyl (C=O) groups excluding carboxylic acids is 6. The molecule has 5 aromatic rings. The number of carbonyl (C=O) groups is 6. The number of benzene rings is 2. The van der Waals surface area contributed by atoms with Gasteiger partial charge in [-0.3, -0.25) is 38.2 Å². The highest BCUT2D eigenvalue weighted by Gasteiger charge is 2.41. The number of hydrogen-bond donors (Lipinski definition) is 2. The van der Waals surface area contributed by atoms with Crippen LogP contribution in [0.1, 0.15) is 98.7 Å². The molecule has 2 aromatic carbocycles. The van der Waals surface area contributed by atoms with E-state index in [2.05, 4.69) is 47.9 Å². The second-order valence-electron chi connectivity index (χ2n) is 25.5. The van der Waals surface area contributed by atoms with Gasteiger partial charge < -0.3 is 53.7 Å². The summed E-state index contributed by atoms with van der Waals surface area (Å²) < 4.78 is 57.2. The standard InChI is InChI=1S/C20H23ClFN5O3.C18H28N4O4.C17H26N4O4.C7H3ClFNO.CH3I/c1-12-8-27-18(17(7-23-27)26-9-13(11-30-2)5-19(26)28)10-25(12)20(29)24-14-3-4-16(22)15(21)6-14;1-12-8-22-15(10-20(12)17(24)26-18(2,3)4)14(7-19-22)21-9-13(11-25-5)6-16(21)23;1-11-7-21-14(9-19(11)16(24)25-17(2,3)4)13(6-18-21)20-8-12(10-22)5-15(20)23;8-6-3-5(11-4-10)1-2-7(6)9;1-2/h3-4,6-7,12-13H,5,8-11H2,1-2H3,(H,24,29);7,12-13H,6,8-11H2,1-5H3;6,11-12,22H,5,7-10H2,1-4H3;1-3H;1H3/t2*12-,13?;11-,12?;;/m000../s1. The maximum absolute atomic E-state index is 13.4. The molecule has 0 saturated carbocycles. The number of hydrogen-bond acceptors (Lipinski definition) is 16. The van der Waals surface area contributed by atoms with Crippen LogP contribution < -0.4 is 24.8 Å². The first-order valence-electron chi connectivity index (χ1n) is 30.5. The summed E-state index contributed by atoms with van der Waals surface area (Å²) in [4.78, 5) is 87.4. The second kappa shape index (κ2) is 32.4. The monoisotopic (exact) mass is 1460 g/mol. The van der Waals surface area contributed by atoms with Crippen LogP contribution in [0.15, 0.2) is 55.0 Å². The highest BCUT2D eigenvalue weighted by atomic mass is 127. The number of nitrogens with one attached hydrogen (secondary N) is 1. The van der Waals surface area contributed by atoms with Crippen LogP contribution in [0.4, 0.5) is 45.9 Å². The number of nitriles is 1. The highest BCUT2D eigenvalue weighted by molar-refractivity contribution is 14.1. The Balaban J connectivity index is 0.000000183. The Morgan fingerprint density at radius 1 is 0.617 bits per heavy atom. The lowest BCUT2D eigenvalue weighted by Crippen LogP contribution is -2.47. The molecule has 6 aliphatic rings. The van der Waals surface area contributed by atoms with Crippen LogP contribution >= 0.6 is 45.8 Å². The van der Waals surface area contributed by atoms with Gasteiger partial charge in [0.2, 0.25) is 17.7 Å². The van der Waals surface area contributed by atoms with Crippen LogP contribution in [0.5, 0.6) is 5.75 Å². The van der Waals surface area contributed by atoms with Gasteiger partial charge in [0.1, 0.15) is 28.6 Å². The zero-order valence-corrected chi connectivity index (χ0v) is 58.6. The zero-order valence-electron chi connectivity index (χ0n) is 54.9. The van der Waals surface area contributed by atoms with Crippen LogP contribution in [0.3, 0.4) is 0 Å². The molecule has 6 aliphatic heterocycles. The molecule has 7 amide bonds. The number of aliphatic hydroxyl groups is 1. The van der Waals surface area contributed by atoms with Gasteiger partial charge in [-0.15, -0.1) is 5.26 Å². The summed E-state index contributed by atoms with van der Waals surface area (Å²) in [5.41, 5.74) is 4.06. The molecule has 0 bridgehead atoms. The molecule has 26 nitrogen and oxygen atoms in total. The number of aliphatic hydroxyl groups excluding tert-OH is 1. The molecule has 31 heteroatoms. The minimum atomic E-state index is -0.559. The molecule has 2 N–H and O–H groups in total. The first kappa shape index (κ1) is 74.0. The van der Waals surface area contributed by atoms with Crippen molar-refractivity contribution in [2.24, 2.45) is 17.8 Å². The van der Waals surface area contributed by atoms with Crippen molar-refractivity contribution in [1.82, 2.24) is 44.0 Å². The van der Waals surface area contributed by atoms with Gasteiger partial charge in [-0.1, -0.05) is 45.8 Å². The van der Waals surface area contributed by atoms with E-state index in [1.54, 1.807) is 62.2 Å². The number of amides is 7. The van der Waals surface area contributed by atoms with E-state index in [1.807, 2.05) is 81.3 Å². The number of alkyl halides is 1. The summed E-state index contributed by atoms with van der Waals surface area (Å²) in [5.74, 6) is -0.471. The van der Waals surface area contributed by atoms with Crippen LogP contribution in [0.2, 0.25) is 10.0 Å². The maximum Gasteiger partial charge on any atom is 0.410 e. The first-order valence-corrected chi connectivity index (χ1v) is 33.5. The lowest BCUT2D eigenvalue weighted by molar-refractivity contribution is -0.118. The fourth-order valence-corrected chi connectivity index (χ4v) is 11.8. The number of ether oxygens (including phenoxy) is 5. The van der Waals surface area contributed by atoms with Gasteiger partial charge in [0, 0.05) is 89.2 Å². The van der Waals surface area contributed by atoms with Gasteiger partial charge >= 0.3 is 18.2 Å². The van der Waals surface area contributed by atoms with E-state index in [0.717, 1.165) is 40.2 Å². The number of rotatable bonds is 10. The van der Waals surface area contributed by atoms with E-state index in [9.17, 15) is 42.7 Å². The predicted molar refractivity (Wildman–Crippen MR) is 354 cm³/mol. The smallest absolute Gasteiger partial charge is 0.410 e. The van der Waals surface area contributed by atoms with Gasteiger partial charge in [0.05, 0.1) is 133 Å². The van der Waals surface area contributed by atoms with Crippen molar-refractivity contribution in [3.8, 4) is 12.0 Å². The third-order valence-corrected chi connectivity index (χ3v) is 16.5. The summed E-state index contributed by atoms with van der Waals surface area (Å²) in [5, 5.41) is 33.3. The van der Waals surface area contributed by atoms with Crippen LogP contribution in [0, 0.1) is 40.9 Å². The normalized spacial score (nSPS) is 20.6. The number of halogens is 5.